The van der Waals surface area contributed by atoms with E-state index in [1.807, 2.05) is 12.1 Å². The molecule has 0 radical (unpaired) electrons. The molecule has 0 bridgehead atoms. The summed E-state index contributed by atoms with van der Waals surface area (Å²) in [5.74, 6) is 0.00965. The quantitative estimate of drug-likeness (QED) is 0.256. The van der Waals surface area contributed by atoms with Crippen molar-refractivity contribution in [2.45, 2.75) is 22.5 Å². The summed E-state index contributed by atoms with van der Waals surface area (Å²) in [5.41, 5.74) is 2.60. The molecule has 2 aliphatic rings. The van der Waals surface area contributed by atoms with Crippen LogP contribution in [-0.2, 0) is 24.3 Å². The SMILES string of the molecule is COCCSc1ccc(N2CCN(S(=O)(=O)C3(C(=O)NO)CCOCC3)CC2)cc1. The largest absolute Gasteiger partial charge is 0.384 e. The molecule has 0 aliphatic carbocycles. The second-order valence-electron chi connectivity index (χ2n) is 7.27. The fourth-order valence-electron chi connectivity index (χ4n) is 3.83. The van der Waals surface area contributed by atoms with Crippen LogP contribution in [0, 0.1) is 0 Å². The van der Waals surface area contributed by atoms with Gasteiger partial charge in [-0.3, -0.25) is 10.0 Å². The van der Waals surface area contributed by atoms with Gasteiger partial charge in [0.1, 0.15) is 0 Å². The first kappa shape index (κ1) is 23.3. The second kappa shape index (κ2) is 10.3. The van der Waals surface area contributed by atoms with Crippen LogP contribution in [0.1, 0.15) is 12.8 Å². The van der Waals surface area contributed by atoms with Crippen molar-refractivity contribution in [2.75, 3.05) is 63.8 Å². The first-order valence-corrected chi connectivity index (χ1v) is 12.4. The summed E-state index contributed by atoms with van der Waals surface area (Å²) >= 11 is 1.72. The fourth-order valence-corrected chi connectivity index (χ4v) is 6.75. The maximum Gasteiger partial charge on any atom is 0.266 e. The molecule has 2 N–H and O–H groups in total. The highest BCUT2D eigenvalue weighted by molar-refractivity contribution is 7.99. The highest BCUT2D eigenvalue weighted by Crippen LogP contribution is 2.34. The van der Waals surface area contributed by atoms with Crippen LogP contribution in [0.2, 0.25) is 0 Å². The predicted octanol–water partition coefficient (Wildman–Crippen LogP) is 0.932. The van der Waals surface area contributed by atoms with Crippen molar-refractivity contribution in [3.8, 4) is 0 Å². The fraction of sp³-hybridized carbons (Fsp3) is 0.632. The van der Waals surface area contributed by atoms with Gasteiger partial charge < -0.3 is 14.4 Å². The first-order valence-electron chi connectivity index (χ1n) is 9.93. The van der Waals surface area contributed by atoms with E-state index in [1.165, 1.54) is 4.31 Å². The number of anilines is 1. The Morgan fingerprint density at radius 1 is 1.20 bits per heavy atom. The Labute approximate surface area is 181 Å². The maximum atomic E-state index is 13.3. The third kappa shape index (κ3) is 4.76. The summed E-state index contributed by atoms with van der Waals surface area (Å²) in [7, 11) is -2.26. The number of benzene rings is 1. The zero-order chi connectivity index (χ0) is 21.6. The molecule has 9 nitrogen and oxygen atoms in total. The van der Waals surface area contributed by atoms with Crippen LogP contribution >= 0.6 is 11.8 Å². The van der Waals surface area contributed by atoms with Gasteiger partial charge in [-0.2, -0.15) is 4.31 Å². The summed E-state index contributed by atoms with van der Waals surface area (Å²) in [6.07, 6.45) is 0.0638. The number of rotatable bonds is 8. The van der Waals surface area contributed by atoms with Gasteiger partial charge in [0, 0.05) is 75.7 Å². The number of ether oxygens (including phenoxy) is 2. The van der Waals surface area contributed by atoms with Crippen LogP contribution in [0.15, 0.2) is 29.2 Å². The normalized spacial score (nSPS) is 20.1. The number of nitrogens with zero attached hydrogens (tertiary/aromatic N) is 2. The first-order chi connectivity index (χ1) is 14.4. The number of hydrogen-bond donors (Lipinski definition) is 2. The van der Waals surface area contributed by atoms with Crippen molar-refractivity contribution in [1.82, 2.24) is 9.79 Å². The van der Waals surface area contributed by atoms with Gasteiger partial charge in [0.25, 0.3) is 5.91 Å². The number of amides is 1. The van der Waals surface area contributed by atoms with Crippen LogP contribution in [0.5, 0.6) is 0 Å². The third-order valence-corrected chi connectivity index (χ3v) is 9.25. The lowest BCUT2D eigenvalue weighted by Gasteiger charge is -2.42. The number of carbonyl (C=O) groups excluding carboxylic acids is 1. The number of sulfonamides is 1. The molecule has 3 rings (SSSR count). The van der Waals surface area contributed by atoms with Crippen LogP contribution in [0.25, 0.3) is 0 Å². The lowest BCUT2D eigenvalue weighted by Crippen LogP contribution is -2.62. The van der Waals surface area contributed by atoms with Crippen LogP contribution in [-0.4, -0.2) is 87.4 Å². The molecule has 2 heterocycles. The zero-order valence-electron chi connectivity index (χ0n) is 17.1. The van der Waals surface area contributed by atoms with E-state index in [0.29, 0.717) is 19.7 Å². The van der Waals surface area contributed by atoms with Crippen molar-refractivity contribution in [1.29, 1.82) is 0 Å². The minimum atomic E-state index is -3.94. The number of piperazine rings is 1. The monoisotopic (exact) mass is 459 g/mol. The lowest BCUT2D eigenvalue weighted by atomic mass is 9.98. The highest BCUT2D eigenvalue weighted by atomic mass is 32.2. The Kier molecular flexibility index (Phi) is 7.99. The summed E-state index contributed by atoms with van der Waals surface area (Å²) in [6, 6.07) is 8.19. The van der Waals surface area contributed by atoms with Gasteiger partial charge in [0.15, 0.2) is 4.75 Å². The molecule has 11 heteroatoms. The molecule has 0 atom stereocenters. The summed E-state index contributed by atoms with van der Waals surface area (Å²) < 4.78 is 36.7. The van der Waals surface area contributed by atoms with E-state index in [0.717, 1.165) is 16.3 Å². The maximum absolute atomic E-state index is 13.3. The Morgan fingerprint density at radius 2 is 1.83 bits per heavy atom. The molecule has 2 saturated heterocycles. The number of carbonyl (C=O) groups is 1. The second-order valence-corrected chi connectivity index (χ2v) is 10.7. The molecule has 0 spiro atoms. The Morgan fingerprint density at radius 3 is 2.40 bits per heavy atom. The molecule has 168 valence electrons. The van der Waals surface area contributed by atoms with Gasteiger partial charge in [-0.1, -0.05) is 0 Å². The Hall–Kier alpha value is -1.37. The molecule has 2 aliphatic heterocycles. The van der Waals surface area contributed by atoms with E-state index in [1.54, 1.807) is 24.4 Å². The van der Waals surface area contributed by atoms with Gasteiger partial charge in [-0.25, -0.2) is 13.9 Å². The van der Waals surface area contributed by atoms with E-state index >= 15 is 0 Å². The van der Waals surface area contributed by atoms with Crippen LogP contribution < -0.4 is 10.4 Å². The molecule has 30 heavy (non-hydrogen) atoms. The molecule has 1 aromatic rings. The molecule has 0 saturated carbocycles. The number of nitrogens with one attached hydrogen (secondary N) is 1. The van der Waals surface area contributed by atoms with Crippen molar-refractivity contribution in [2.24, 2.45) is 0 Å². The molecule has 0 aromatic heterocycles. The number of thioether (sulfide) groups is 1. The van der Waals surface area contributed by atoms with Gasteiger partial charge >= 0.3 is 0 Å². The van der Waals surface area contributed by atoms with E-state index in [-0.39, 0.29) is 39.1 Å². The lowest BCUT2D eigenvalue weighted by molar-refractivity contribution is -0.134. The number of hydrogen-bond acceptors (Lipinski definition) is 8. The number of methoxy groups -OCH3 is 1. The average Bonchev–Trinajstić information content (AvgIpc) is 2.79. The zero-order valence-corrected chi connectivity index (χ0v) is 18.7. The average molecular weight is 460 g/mol. The highest BCUT2D eigenvalue weighted by Gasteiger charge is 2.54. The predicted molar refractivity (Wildman–Crippen MR) is 114 cm³/mol. The van der Waals surface area contributed by atoms with Crippen molar-refractivity contribution in [3.05, 3.63) is 24.3 Å². The van der Waals surface area contributed by atoms with Gasteiger partial charge in [0.2, 0.25) is 10.0 Å². The smallest absolute Gasteiger partial charge is 0.266 e. The molecule has 1 aromatic carbocycles. The van der Waals surface area contributed by atoms with Crippen molar-refractivity contribution in [3.63, 3.8) is 0 Å². The standard InChI is InChI=1S/C19H29N3O6S2/c1-27-14-15-29-17-4-2-16(3-5-17)21-8-10-22(11-9-21)30(25,26)19(18(23)20-24)6-12-28-13-7-19/h2-5,24H,6-15H2,1H3,(H,20,23). The van der Waals surface area contributed by atoms with Crippen molar-refractivity contribution < 1.29 is 27.9 Å². The van der Waals surface area contributed by atoms with Gasteiger partial charge in [0.05, 0.1) is 6.61 Å². The number of hydroxylamine groups is 1. The molecule has 1 amide bonds. The van der Waals surface area contributed by atoms with E-state index in [2.05, 4.69) is 17.0 Å². The summed E-state index contributed by atoms with van der Waals surface area (Å²) in [6.45, 7) is 2.67. The van der Waals surface area contributed by atoms with Crippen molar-refractivity contribution >= 4 is 33.4 Å². The minimum Gasteiger partial charge on any atom is -0.384 e. The van der Waals surface area contributed by atoms with E-state index in [4.69, 9.17) is 14.7 Å². The summed E-state index contributed by atoms with van der Waals surface area (Å²) in [5, 5.41) is 9.15. The molecular weight excluding hydrogens is 430 g/mol. The van der Waals surface area contributed by atoms with E-state index in [9.17, 15) is 13.2 Å². The van der Waals surface area contributed by atoms with Crippen LogP contribution in [0.4, 0.5) is 5.69 Å². The topological polar surface area (TPSA) is 108 Å². The minimum absolute atomic E-state index is 0.0319. The van der Waals surface area contributed by atoms with Gasteiger partial charge in [-0.05, 0) is 24.3 Å². The molecule has 2 fully saturated rings. The third-order valence-electron chi connectivity index (χ3n) is 5.65. The van der Waals surface area contributed by atoms with Gasteiger partial charge in [-0.15, -0.1) is 11.8 Å². The molecule has 0 unspecified atom stereocenters. The molecular formula is C19H29N3O6S2. The Balaban J connectivity index is 1.64. The Bertz CT molecular complexity index is 804. The van der Waals surface area contributed by atoms with E-state index < -0.39 is 20.7 Å². The van der Waals surface area contributed by atoms with Crippen LogP contribution in [0.3, 0.4) is 0 Å². The summed E-state index contributed by atoms with van der Waals surface area (Å²) in [4.78, 5) is 15.6.